The molecule has 7 nitrogen and oxygen atoms in total. The Morgan fingerprint density at radius 1 is 1.20 bits per heavy atom. The first-order valence-electron chi connectivity index (χ1n) is 9.93. The van der Waals surface area contributed by atoms with E-state index >= 15 is 0 Å². The van der Waals surface area contributed by atoms with Gasteiger partial charge in [-0.25, -0.2) is 9.48 Å². The number of benzene rings is 2. The van der Waals surface area contributed by atoms with Gasteiger partial charge >= 0.3 is 5.97 Å². The third kappa shape index (κ3) is 3.78. The molecule has 0 aliphatic carbocycles. The molecule has 1 amide bonds. The van der Waals surface area contributed by atoms with Crippen LogP contribution in [0.25, 0.3) is 5.69 Å². The van der Waals surface area contributed by atoms with Crippen molar-refractivity contribution < 1.29 is 19.1 Å². The summed E-state index contributed by atoms with van der Waals surface area (Å²) >= 11 is 0. The highest BCUT2D eigenvalue weighted by Crippen LogP contribution is 2.31. The molecule has 1 aliphatic heterocycles. The Morgan fingerprint density at radius 2 is 1.97 bits per heavy atom. The van der Waals surface area contributed by atoms with Gasteiger partial charge in [-0.1, -0.05) is 18.2 Å². The molecule has 30 heavy (non-hydrogen) atoms. The maximum atomic E-state index is 12.8. The van der Waals surface area contributed by atoms with Crippen LogP contribution in [-0.2, 0) is 4.74 Å². The summed E-state index contributed by atoms with van der Waals surface area (Å²) in [5.74, 6) is 0.276. The number of fused-ring (bicyclic) bond motifs is 1. The van der Waals surface area contributed by atoms with Gasteiger partial charge in [0.25, 0.3) is 5.91 Å². The molecule has 0 saturated carbocycles. The molecule has 0 spiro atoms. The lowest BCUT2D eigenvalue weighted by Crippen LogP contribution is -2.32. The van der Waals surface area contributed by atoms with Gasteiger partial charge in [0.1, 0.15) is 11.3 Å². The van der Waals surface area contributed by atoms with Crippen molar-refractivity contribution in [3.05, 3.63) is 77.1 Å². The van der Waals surface area contributed by atoms with Gasteiger partial charge < -0.3 is 14.8 Å². The number of carbonyl (C=O) groups excluding carboxylic acids is 2. The van der Waals surface area contributed by atoms with Gasteiger partial charge in [0.15, 0.2) is 0 Å². The molecule has 3 aromatic rings. The fourth-order valence-electron chi connectivity index (χ4n) is 3.57. The summed E-state index contributed by atoms with van der Waals surface area (Å²) in [4.78, 5) is 24.8. The Labute approximate surface area is 174 Å². The predicted octanol–water partition coefficient (Wildman–Crippen LogP) is 3.61. The minimum atomic E-state index is -0.394. The molecule has 7 heteroatoms. The van der Waals surface area contributed by atoms with E-state index in [9.17, 15) is 9.59 Å². The predicted molar refractivity (Wildman–Crippen MR) is 111 cm³/mol. The Balaban J connectivity index is 1.49. The standard InChI is InChI=1S/C23H23N3O4/c1-3-29-23(28)19-14-24-26(15(19)2)17-10-8-16(9-11-17)22(27)25-20-12-13-30-21-7-5-4-6-18(20)21/h4-11,14,20H,3,12-13H2,1-2H3,(H,25,27). The molecular formula is C23H23N3O4. The molecule has 1 atom stereocenters. The maximum absolute atomic E-state index is 12.8. The molecule has 1 aliphatic rings. The van der Waals surface area contributed by atoms with Gasteiger partial charge in [0.05, 0.1) is 36.8 Å². The van der Waals surface area contributed by atoms with Crippen LogP contribution in [0.4, 0.5) is 0 Å². The quantitative estimate of drug-likeness (QED) is 0.656. The first kappa shape index (κ1) is 19.7. The molecular weight excluding hydrogens is 382 g/mol. The van der Waals surface area contributed by atoms with Gasteiger partial charge in [-0.15, -0.1) is 0 Å². The zero-order chi connectivity index (χ0) is 21.1. The monoisotopic (exact) mass is 405 g/mol. The van der Waals surface area contributed by atoms with Gasteiger partial charge in [0.2, 0.25) is 0 Å². The number of nitrogens with zero attached hydrogens (tertiary/aromatic N) is 2. The number of carbonyl (C=O) groups is 2. The zero-order valence-electron chi connectivity index (χ0n) is 16.9. The fraction of sp³-hybridized carbons (Fsp3) is 0.261. The Bertz CT molecular complexity index is 1070. The SMILES string of the molecule is CCOC(=O)c1cnn(-c2ccc(C(=O)NC3CCOc4ccccc43)cc2)c1C. The average molecular weight is 405 g/mol. The number of para-hydroxylation sites is 1. The van der Waals surface area contributed by atoms with Gasteiger partial charge in [0, 0.05) is 17.5 Å². The molecule has 0 fully saturated rings. The van der Waals surface area contributed by atoms with Gasteiger partial charge in [-0.05, 0) is 44.2 Å². The zero-order valence-corrected chi connectivity index (χ0v) is 16.9. The number of rotatable bonds is 5. The maximum Gasteiger partial charge on any atom is 0.341 e. The molecule has 2 heterocycles. The lowest BCUT2D eigenvalue weighted by atomic mass is 10.00. The van der Waals surface area contributed by atoms with Crippen LogP contribution in [0.2, 0.25) is 0 Å². The number of nitrogens with one attached hydrogen (secondary N) is 1. The lowest BCUT2D eigenvalue weighted by Gasteiger charge is -2.26. The van der Waals surface area contributed by atoms with Crippen LogP contribution >= 0.6 is 0 Å². The van der Waals surface area contributed by atoms with E-state index in [1.165, 1.54) is 6.20 Å². The normalized spacial score (nSPS) is 15.1. The minimum absolute atomic E-state index is 0.0809. The minimum Gasteiger partial charge on any atom is -0.493 e. The highest BCUT2D eigenvalue weighted by Gasteiger charge is 2.23. The summed E-state index contributed by atoms with van der Waals surface area (Å²) in [6.45, 7) is 4.45. The summed E-state index contributed by atoms with van der Waals surface area (Å²) in [5, 5.41) is 7.38. The second-order valence-corrected chi connectivity index (χ2v) is 7.02. The van der Waals surface area contributed by atoms with Crippen molar-refractivity contribution in [2.45, 2.75) is 26.3 Å². The fourth-order valence-corrected chi connectivity index (χ4v) is 3.57. The molecule has 1 unspecified atom stereocenters. The van der Waals surface area contributed by atoms with Crippen molar-refractivity contribution in [1.29, 1.82) is 0 Å². The molecule has 0 saturated heterocycles. The van der Waals surface area contributed by atoms with Crippen molar-refractivity contribution in [2.75, 3.05) is 13.2 Å². The highest BCUT2D eigenvalue weighted by atomic mass is 16.5. The van der Waals surface area contributed by atoms with E-state index in [0.717, 1.165) is 23.4 Å². The smallest absolute Gasteiger partial charge is 0.341 e. The van der Waals surface area contributed by atoms with Crippen molar-refractivity contribution in [1.82, 2.24) is 15.1 Å². The van der Waals surface area contributed by atoms with Crippen LogP contribution in [0, 0.1) is 6.92 Å². The lowest BCUT2D eigenvalue weighted by molar-refractivity contribution is 0.0525. The highest BCUT2D eigenvalue weighted by molar-refractivity contribution is 5.94. The average Bonchev–Trinajstić information content (AvgIpc) is 3.15. The summed E-state index contributed by atoms with van der Waals surface area (Å²) < 4.78 is 12.4. The number of hydrogen-bond acceptors (Lipinski definition) is 5. The van der Waals surface area contributed by atoms with Crippen LogP contribution in [0.5, 0.6) is 5.75 Å². The van der Waals surface area contributed by atoms with Crippen LogP contribution in [0.3, 0.4) is 0 Å². The molecule has 0 bridgehead atoms. The number of hydrogen-bond donors (Lipinski definition) is 1. The number of amides is 1. The molecule has 0 radical (unpaired) electrons. The van der Waals surface area contributed by atoms with Crippen LogP contribution in [0.1, 0.15) is 51.4 Å². The van der Waals surface area contributed by atoms with Crippen LogP contribution < -0.4 is 10.1 Å². The van der Waals surface area contributed by atoms with E-state index in [0.29, 0.717) is 30.0 Å². The van der Waals surface area contributed by atoms with Crippen molar-refractivity contribution in [3.8, 4) is 11.4 Å². The number of ether oxygens (including phenoxy) is 2. The topological polar surface area (TPSA) is 82.5 Å². The van der Waals surface area contributed by atoms with Gasteiger partial charge in [-0.3, -0.25) is 4.79 Å². The first-order valence-corrected chi connectivity index (χ1v) is 9.93. The second-order valence-electron chi connectivity index (χ2n) is 7.02. The summed E-state index contributed by atoms with van der Waals surface area (Å²) in [6, 6.07) is 14.8. The largest absolute Gasteiger partial charge is 0.493 e. The third-order valence-corrected chi connectivity index (χ3v) is 5.14. The molecule has 154 valence electrons. The summed E-state index contributed by atoms with van der Waals surface area (Å²) in [5.41, 5.74) is 3.42. The Morgan fingerprint density at radius 3 is 2.73 bits per heavy atom. The van der Waals surface area contributed by atoms with Gasteiger partial charge in [-0.2, -0.15) is 5.10 Å². The van der Waals surface area contributed by atoms with E-state index in [2.05, 4.69) is 10.4 Å². The second kappa shape index (κ2) is 8.41. The van der Waals surface area contributed by atoms with E-state index in [1.54, 1.807) is 23.7 Å². The Kier molecular flexibility index (Phi) is 5.52. The van der Waals surface area contributed by atoms with Crippen LogP contribution in [-0.4, -0.2) is 34.9 Å². The summed E-state index contributed by atoms with van der Waals surface area (Å²) in [7, 11) is 0. The molecule has 4 rings (SSSR count). The molecule has 1 N–H and O–H groups in total. The van der Waals surface area contributed by atoms with E-state index < -0.39 is 5.97 Å². The van der Waals surface area contributed by atoms with E-state index in [4.69, 9.17) is 9.47 Å². The van der Waals surface area contributed by atoms with Crippen molar-refractivity contribution in [3.63, 3.8) is 0 Å². The molecule has 2 aromatic carbocycles. The first-order chi connectivity index (χ1) is 14.6. The third-order valence-electron chi connectivity index (χ3n) is 5.14. The van der Waals surface area contributed by atoms with E-state index in [1.807, 2.05) is 43.3 Å². The summed E-state index contributed by atoms with van der Waals surface area (Å²) in [6.07, 6.45) is 2.22. The van der Waals surface area contributed by atoms with E-state index in [-0.39, 0.29) is 11.9 Å². The molecule has 1 aromatic heterocycles. The number of aromatic nitrogens is 2. The van der Waals surface area contributed by atoms with Crippen molar-refractivity contribution >= 4 is 11.9 Å². The Hall–Kier alpha value is -3.61. The number of esters is 1. The van der Waals surface area contributed by atoms with Crippen molar-refractivity contribution in [2.24, 2.45) is 0 Å². The van der Waals surface area contributed by atoms with Crippen LogP contribution in [0.15, 0.2) is 54.7 Å².